The minimum absolute atomic E-state index is 0.0994. The Morgan fingerprint density at radius 2 is 1.84 bits per heavy atom. The maximum Gasteiger partial charge on any atom is 0.263 e. The number of sulfonamides is 1. The molecule has 3 rings (SSSR count). The van der Waals surface area contributed by atoms with Gasteiger partial charge in [0.25, 0.3) is 10.0 Å². The van der Waals surface area contributed by atoms with Crippen molar-refractivity contribution in [3.63, 3.8) is 0 Å². The quantitative estimate of drug-likeness (QED) is 0.410. The first kappa shape index (κ1) is 18.0. The highest BCUT2D eigenvalue weighted by Crippen LogP contribution is 2.27. The lowest BCUT2D eigenvalue weighted by molar-refractivity contribution is 0.592. The van der Waals surface area contributed by atoms with Gasteiger partial charge in [0, 0.05) is 12.3 Å². The molecular weight excluding hydrogens is 484 g/mol. The Balaban J connectivity index is 1.93. The van der Waals surface area contributed by atoms with Crippen LogP contribution in [0, 0.1) is 11.6 Å². The van der Waals surface area contributed by atoms with E-state index in [1.807, 2.05) is 4.72 Å². The van der Waals surface area contributed by atoms with Crippen LogP contribution in [-0.2, 0) is 10.0 Å². The Morgan fingerprint density at radius 1 is 1.08 bits per heavy atom. The van der Waals surface area contributed by atoms with Crippen LogP contribution >= 0.6 is 31.9 Å². The molecule has 0 aliphatic heterocycles. The molecule has 0 amide bonds. The lowest BCUT2D eigenvalue weighted by Gasteiger charge is -2.08. The summed E-state index contributed by atoms with van der Waals surface area (Å²) in [5.41, 5.74) is 0.504. The van der Waals surface area contributed by atoms with Gasteiger partial charge in [-0.1, -0.05) is 6.07 Å². The third-order valence-electron chi connectivity index (χ3n) is 3.21. The van der Waals surface area contributed by atoms with Gasteiger partial charge in [-0.2, -0.15) is 0 Å². The molecule has 25 heavy (non-hydrogen) atoms. The van der Waals surface area contributed by atoms with Crippen molar-refractivity contribution in [2.24, 2.45) is 0 Å². The predicted molar refractivity (Wildman–Crippen MR) is 96.6 cm³/mol. The van der Waals surface area contributed by atoms with E-state index in [0.29, 0.717) is 16.0 Å². The zero-order valence-electron chi connectivity index (χ0n) is 12.2. The Morgan fingerprint density at radius 3 is 2.56 bits per heavy atom. The number of aromatic nitrogens is 2. The van der Waals surface area contributed by atoms with E-state index in [0.717, 1.165) is 12.1 Å². The third kappa shape index (κ3) is 3.91. The van der Waals surface area contributed by atoms with Crippen LogP contribution in [0.4, 0.5) is 14.5 Å². The Labute approximate surface area is 158 Å². The van der Waals surface area contributed by atoms with Crippen LogP contribution in [0.15, 0.2) is 56.6 Å². The van der Waals surface area contributed by atoms with Crippen LogP contribution < -0.4 is 4.72 Å². The monoisotopic (exact) mass is 491 g/mol. The first-order chi connectivity index (χ1) is 11.8. The smallest absolute Gasteiger partial charge is 0.263 e. The fourth-order valence-corrected chi connectivity index (χ4v) is 3.75. The first-order valence-electron chi connectivity index (χ1n) is 6.75. The highest BCUT2D eigenvalue weighted by Gasteiger charge is 2.20. The number of nitrogens with one attached hydrogen (secondary N) is 2. The van der Waals surface area contributed by atoms with E-state index in [1.165, 1.54) is 12.3 Å². The number of pyridine rings is 1. The standard InChI is InChI=1S/C15H9Br2F2N3O2S/c16-9-5-11(19)13(6-10(9)18)22-25(23,24)8-4-14(20-7-8)12-2-1-3-15(17)21-12/h1-7,20,22H. The van der Waals surface area contributed by atoms with Gasteiger partial charge >= 0.3 is 0 Å². The molecule has 0 atom stereocenters. The largest absolute Gasteiger partial charge is 0.359 e. The summed E-state index contributed by atoms with van der Waals surface area (Å²) in [6.45, 7) is 0. The lowest BCUT2D eigenvalue weighted by atomic mass is 10.3. The minimum atomic E-state index is -4.11. The molecule has 0 radical (unpaired) electrons. The molecule has 0 saturated heterocycles. The van der Waals surface area contributed by atoms with E-state index in [9.17, 15) is 17.2 Å². The van der Waals surface area contributed by atoms with E-state index in [-0.39, 0.29) is 9.37 Å². The number of benzene rings is 1. The summed E-state index contributed by atoms with van der Waals surface area (Å²) in [5, 5.41) is 0. The summed E-state index contributed by atoms with van der Waals surface area (Å²) in [5.74, 6) is -1.69. The molecule has 0 unspecified atom stereocenters. The van der Waals surface area contributed by atoms with Crippen molar-refractivity contribution in [1.82, 2.24) is 9.97 Å². The van der Waals surface area contributed by atoms with Crippen molar-refractivity contribution in [3.05, 3.63) is 63.3 Å². The maximum atomic E-state index is 13.8. The van der Waals surface area contributed by atoms with Crippen molar-refractivity contribution in [2.75, 3.05) is 4.72 Å². The Kier molecular flexibility index (Phi) is 4.94. The SMILES string of the molecule is O=S(=O)(Nc1cc(F)c(Br)cc1F)c1c[nH]c(-c2cccc(Br)n2)c1. The second kappa shape index (κ2) is 6.85. The molecule has 0 aliphatic carbocycles. The first-order valence-corrected chi connectivity index (χ1v) is 9.82. The van der Waals surface area contributed by atoms with Crippen LogP contribution in [0.25, 0.3) is 11.4 Å². The Hall–Kier alpha value is -1.78. The van der Waals surface area contributed by atoms with Gasteiger partial charge in [0.15, 0.2) is 0 Å². The molecule has 1 aromatic carbocycles. The Bertz CT molecular complexity index is 1050. The van der Waals surface area contributed by atoms with Gasteiger partial charge in [-0.05, 0) is 56.1 Å². The van der Waals surface area contributed by atoms with Gasteiger partial charge in [-0.15, -0.1) is 0 Å². The van der Waals surface area contributed by atoms with Crippen LogP contribution in [0.5, 0.6) is 0 Å². The van der Waals surface area contributed by atoms with Gasteiger partial charge in [0.1, 0.15) is 21.1 Å². The molecule has 2 N–H and O–H groups in total. The molecule has 0 saturated carbocycles. The second-order valence-corrected chi connectivity index (χ2v) is 8.30. The molecular formula is C15H9Br2F2N3O2S. The number of rotatable bonds is 4. The normalized spacial score (nSPS) is 11.5. The van der Waals surface area contributed by atoms with Gasteiger partial charge < -0.3 is 4.98 Å². The highest BCUT2D eigenvalue weighted by atomic mass is 79.9. The molecule has 0 aliphatic rings. The van der Waals surface area contributed by atoms with Crippen LogP contribution in [0.3, 0.4) is 0 Å². The van der Waals surface area contributed by atoms with Crippen molar-refractivity contribution in [2.45, 2.75) is 4.90 Å². The topological polar surface area (TPSA) is 74.8 Å². The highest BCUT2D eigenvalue weighted by molar-refractivity contribution is 9.10. The zero-order valence-corrected chi connectivity index (χ0v) is 16.2. The van der Waals surface area contributed by atoms with Gasteiger partial charge in [0.05, 0.1) is 21.5 Å². The van der Waals surface area contributed by atoms with Crippen LogP contribution in [0.2, 0.25) is 0 Å². The number of hydrogen-bond donors (Lipinski definition) is 2. The van der Waals surface area contributed by atoms with Crippen LogP contribution in [-0.4, -0.2) is 18.4 Å². The molecule has 130 valence electrons. The molecule has 10 heteroatoms. The van der Waals surface area contributed by atoms with Crippen molar-refractivity contribution < 1.29 is 17.2 Å². The number of nitrogens with zero attached hydrogens (tertiary/aromatic N) is 1. The summed E-state index contributed by atoms with van der Waals surface area (Å²) in [4.78, 5) is 6.88. The second-order valence-electron chi connectivity index (χ2n) is 4.95. The molecule has 0 bridgehead atoms. The summed E-state index contributed by atoms with van der Waals surface area (Å²) in [6.07, 6.45) is 1.24. The average molecular weight is 493 g/mol. The van der Waals surface area contributed by atoms with E-state index in [4.69, 9.17) is 0 Å². The molecule has 3 aromatic rings. The lowest BCUT2D eigenvalue weighted by Crippen LogP contribution is -2.13. The summed E-state index contributed by atoms with van der Waals surface area (Å²) in [6, 6.07) is 8.14. The molecule has 5 nitrogen and oxygen atoms in total. The maximum absolute atomic E-state index is 13.8. The predicted octanol–water partition coefficient (Wildman–Crippen LogP) is 4.68. The van der Waals surface area contributed by atoms with E-state index in [2.05, 4.69) is 41.8 Å². The number of hydrogen-bond acceptors (Lipinski definition) is 3. The minimum Gasteiger partial charge on any atom is -0.359 e. The fourth-order valence-electron chi connectivity index (χ4n) is 2.04. The summed E-state index contributed by atoms with van der Waals surface area (Å²) >= 11 is 6.07. The number of aromatic amines is 1. The summed E-state index contributed by atoms with van der Waals surface area (Å²) in [7, 11) is -4.11. The van der Waals surface area contributed by atoms with Gasteiger partial charge in [-0.25, -0.2) is 22.2 Å². The van der Waals surface area contributed by atoms with E-state index < -0.39 is 27.3 Å². The van der Waals surface area contributed by atoms with Crippen molar-refractivity contribution in [3.8, 4) is 11.4 Å². The number of anilines is 1. The average Bonchev–Trinajstić information content (AvgIpc) is 3.03. The van der Waals surface area contributed by atoms with E-state index >= 15 is 0 Å². The third-order valence-corrected chi connectivity index (χ3v) is 5.61. The number of H-pyrrole nitrogens is 1. The van der Waals surface area contributed by atoms with Gasteiger partial charge in [0.2, 0.25) is 0 Å². The molecule has 0 spiro atoms. The summed E-state index contributed by atoms with van der Waals surface area (Å²) < 4.78 is 54.7. The van der Waals surface area contributed by atoms with Crippen LogP contribution in [0.1, 0.15) is 0 Å². The number of halogens is 4. The fraction of sp³-hybridized carbons (Fsp3) is 0. The van der Waals surface area contributed by atoms with Crippen molar-refractivity contribution >= 4 is 47.6 Å². The zero-order chi connectivity index (χ0) is 18.2. The molecule has 2 aromatic heterocycles. The van der Waals surface area contributed by atoms with E-state index in [1.54, 1.807) is 18.2 Å². The molecule has 2 heterocycles. The van der Waals surface area contributed by atoms with Crippen molar-refractivity contribution in [1.29, 1.82) is 0 Å². The van der Waals surface area contributed by atoms with Gasteiger partial charge in [-0.3, -0.25) is 4.72 Å². The molecule has 0 fully saturated rings.